The van der Waals surface area contributed by atoms with Gasteiger partial charge in [-0.05, 0) is 26.8 Å². The van der Waals surface area contributed by atoms with Crippen LogP contribution in [-0.4, -0.2) is 34.8 Å². The second-order valence-electron chi connectivity index (χ2n) is 5.89. The van der Waals surface area contributed by atoms with E-state index in [1.165, 1.54) is 0 Å². The lowest BCUT2D eigenvalue weighted by Gasteiger charge is -2.09. The number of hydrogen-bond donors (Lipinski definition) is 1. The van der Waals surface area contributed by atoms with Crippen LogP contribution in [0.5, 0.6) is 0 Å². The van der Waals surface area contributed by atoms with E-state index in [0.29, 0.717) is 30.1 Å². The van der Waals surface area contributed by atoms with Crippen LogP contribution in [0.15, 0.2) is 16.7 Å². The Morgan fingerprint density at radius 3 is 2.83 bits per heavy atom. The Kier molecular flexibility index (Phi) is 3.94. The van der Waals surface area contributed by atoms with Crippen molar-refractivity contribution in [2.24, 2.45) is 5.92 Å². The van der Waals surface area contributed by atoms with Crippen LogP contribution in [0, 0.1) is 26.7 Å². The zero-order valence-corrected chi connectivity index (χ0v) is 13.4. The molecule has 0 aromatic carbocycles. The van der Waals surface area contributed by atoms with Crippen molar-refractivity contribution in [2.75, 3.05) is 13.2 Å². The van der Waals surface area contributed by atoms with Crippen LogP contribution < -0.4 is 5.32 Å². The van der Waals surface area contributed by atoms with Crippen molar-refractivity contribution in [3.05, 3.63) is 34.8 Å². The van der Waals surface area contributed by atoms with Crippen molar-refractivity contribution >= 4 is 11.9 Å². The number of aromatic nitrogens is 2. The van der Waals surface area contributed by atoms with Crippen LogP contribution in [0.25, 0.3) is 5.82 Å². The summed E-state index contributed by atoms with van der Waals surface area (Å²) in [5.41, 5.74) is 2.13. The summed E-state index contributed by atoms with van der Waals surface area (Å²) in [5.74, 6) is 1.01. The summed E-state index contributed by atoms with van der Waals surface area (Å²) in [7, 11) is 0. The van der Waals surface area contributed by atoms with Crippen LogP contribution >= 0.6 is 0 Å². The SMILES string of the molecule is Cc1cc(-n2c(C)cc(C(=O)OC[C@@H]3CNC(=O)C3)c2C)no1. The number of nitrogens with one attached hydrogen (secondary N) is 1. The summed E-state index contributed by atoms with van der Waals surface area (Å²) >= 11 is 0. The zero-order valence-electron chi connectivity index (χ0n) is 13.4. The highest BCUT2D eigenvalue weighted by Gasteiger charge is 2.24. The Bertz CT molecular complexity index is 759. The van der Waals surface area contributed by atoms with Gasteiger partial charge in [-0.2, -0.15) is 0 Å². The molecule has 1 aliphatic heterocycles. The van der Waals surface area contributed by atoms with Crippen molar-refractivity contribution < 1.29 is 18.8 Å². The van der Waals surface area contributed by atoms with E-state index in [2.05, 4.69) is 10.5 Å². The summed E-state index contributed by atoms with van der Waals surface area (Å²) < 4.78 is 12.3. The van der Waals surface area contributed by atoms with Crippen LogP contribution in [0.3, 0.4) is 0 Å². The Morgan fingerprint density at radius 1 is 1.43 bits per heavy atom. The van der Waals surface area contributed by atoms with Gasteiger partial charge in [0, 0.05) is 36.3 Å². The molecule has 0 saturated carbocycles. The number of carbonyl (C=O) groups is 2. The van der Waals surface area contributed by atoms with E-state index < -0.39 is 0 Å². The lowest BCUT2D eigenvalue weighted by Crippen LogP contribution is -2.18. The molecule has 1 aliphatic rings. The Labute approximate surface area is 133 Å². The van der Waals surface area contributed by atoms with Crippen LogP contribution in [0.1, 0.15) is 33.9 Å². The fourth-order valence-corrected chi connectivity index (χ4v) is 2.83. The zero-order chi connectivity index (χ0) is 16.6. The number of amides is 1. The van der Waals surface area contributed by atoms with Gasteiger partial charge in [-0.3, -0.25) is 9.36 Å². The maximum Gasteiger partial charge on any atom is 0.339 e. The quantitative estimate of drug-likeness (QED) is 0.867. The van der Waals surface area contributed by atoms with Crippen molar-refractivity contribution in [2.45, 2.75) is 27.2 Å². The van der Waals surface area contributed by atoms with Crippen molar-refractivity contribution in [3.8, 4) is 5.82 Å². The number of carbonyl (C=O) groups excluding carboxylic acids is 2. The molecule has 0 aliphatic carbocycles. The molecule has 1 fully saturated rings. The fraction of sp³-hybridized carbons (Fsp3) is 0.438. The van der Waals surface area contributed by atoms with Gasteiger partial charge < -0.3 is 14.6 Å². The van der Waals surface area contributed by atoms with Gasteiger partial charge in [0.15, 0.2) is 5.82 Å². The lowest BCUT2D eigenvalue weighted by atomic mass is 10.1. The third kappa shape index (κ3) is 2.99. The van der Waals surface area contributed by atoms with Gasteiger partial charge in [-0.1, -0.05) is 5.16 Å². The maximum atomic E-state index is 12.3. The first-order valence-electron chi connectivity index (χ1n) is 7.52. The predicted molar refractivity (Wildman–Crippen MR) is 81.4 cm³/mol. The topological polar surface area (TPSA) is 86.4 Å². The molecule has 1 atom stereocenters. The standard InChI is InChI=1S/C16H19N3O4/c1-9-4-13(11(3)19(9)14-5-10(2)23-18-14)16(21)22-8-12-6-15(20)17-7-12/h4-5,12H,6-8H2,1-3H3,(H,17,20)/t12-/m0/s1. The second-order valence-corrected chi connectivity index (χ2v) is 5.89. The third-order valence-corrected chi connectivity index (χ3v) is 4.01. The van der Waals surface area contributed by atoms with Gasteiger partial charge in [-0.15, -0.1) is 0 Å². The highest BCUT2D eigenvalue weighted by molar-refractivity contribution is 5.91. The highest BCUT2D eigenvalue weighted by Crippen LogP contribution is 2.22. The molecule has 7 heteroatoms. The molecule has 0 bridgehead atoms. The summed E-state index contributed by atoms with van der Waals surface area (Å²) in [6, 6.07) is 3.59. The van der Waals surface area contributed by atoms with Gasteiger partial charge in [0.1, 0.15) is 5.76 Å². The van der Waals surface area contributed by atoms with E-state index in [-0.39, 0.29) is 24.4 Å². The highest BCUT2D eigenvalue weighted by atomic mass is 16.5. The fourth-order valence-electron chi connectivity index (χ4n) is 2.83. The number of hydrogen-bond acceptors (Lipinski definition) is 5. The molecule has 0 unspecified atom stereocenters. The summed E-state index contributed by atoms with van der Waals surface area (Å²) in [4.78, 5) is 23.5. The Morgan fingerprint density at radius 2 is 2.22 bits per heavy atom. The molecule has 0 radical (unpaired) electrons. The molecule has 3 heterocycles. The molecule has 2 aromatic rings. The molecule has 1 saturated heterocycles. The van der Waals surface area contributed by atoms with Gasteiger partial charge >= 0.3 is 5.97 Å². The number of rotatable bonds is 4. The molecule has 122 valence electrons. The number of aryl methyl sites for hydroxylation is 2. The average molecular weight is 317 g/mol. The van der Waals surface area contributed by atoms with E-state index >= 15 is 0 Å². The molecular formula is C16H19N3O4. The third-order valence-electron chi connectivity index (χ3n) is 4.01. The smallest absolute Gasteiger partial charge is 0.339 e. The van der Waals surface area contributed by atoms with Gasteiger partial charge in [0.25, 0.3) is 0 Å². The molecule has 1 N–H and O–H groups in total. The molecular weight excluding hydrogens is 298 g/mol. The van der Waals surface area contributed by atoms with Crippen molar-refractivity contribution in [3.63, 3.8) is 0 Å². The summed E-state index contributed by atoms with van der Waals surface area (Å²) in [6.45, 7) is 6.35. The van der Waals surface area contributed by atoms with Gasteiger partial charge in [-0.25, -0.2) is 4.79 Å². The predicted octanol–water partition coefficient (Wildman–Crippen LogP) is 1.68. The summed E-state index contributed by atoms with van der Waals surface area (Å²) in [5, 5.41) is 6.72. The molecule has 7 nitrogen and oxygen atoms in total. The Balaban J connectivity index is 1.75. The van der Waals surface area contributed by atoms with Gasteiger partial charge in [0.2, 0.25) is 5.91 Å². The minimum absolute atomic E-state index is 0.00521. The molecule has 0 spiro atoms. The van der Waals surface area contributed by atoms with Crippen LogP contribution in [-0.2, 0) is 9.53 Å². The number of ether oxygens (including phenoxy) is 1. The molecule has 3 rings (SSSR count). The van der Waals surface area contributed by atoms with Crippen molar-refractivity contribution in [1.82, 2.24) is 15.0 Å². The molecule has 23 heavy (non-hydrogen) atoms. The van der Waals surface area contributed by atoms with Gasteiger partial charge in [0.05, 0.1) is 12.2 Å². The van der Waals surface area contributed by atoms with E-state index in [9.17, 15) is 9.59 Å². The molecule has 1 amide bonds. The van der Waals surface area contributed by atoms with E-state index in [0.717, 1.165) is 11.4 Å². The maximum absolute atomic E-state index is 12.3. The van der Waals surface area contributed by atoms with Crippen LogP contribution in [0.2, 0.25) is 0 Å². The monoisotopic (exact) mass is 317 g/mol. The minimum Gasteiger partial charge on any atom is -0.462 e. The second kappa shape index (κ2) is 5.91. The Hall–Kier alpha value is -2.57. The number of esters is 1. The van der Waals surface area contributed by atoms with E-state index in [4.69, 9.17) is 9.26 Å². The van der Waals surface area contributed by atoms with E-state index in [1.807, 2.05) is 31.4 Å². The average Bonchev–Trinajstić information content (AvgIpc) is 3.17. The first kappa shape index (κ1) is 15.3. The largest absolute Gasteiger partial charge is 0.462 e. The number of nitrogens with zero attached hydrogens (tertiary/aromatic N) is 2. The molecule has 2 aromatic heterocycles. The first-order valence-corrected chi connectivity index (χ1v) is 7.52. The first-order chi connectivity index (χ1) is 11.0. The normalized spacial score (nSPS) is 17.3. The summed E-state index contributed by atoms with van der Waals surface area (Å²) in [6.07, 6.45) is 0.407. The van der Waals surface area contributed by atoms with E-state index in [1.54, 1.807) is 6.07 Å². The van der Waals surface area contributed by atoms with Crippen LogP contribution in [0.4, 0.5) is 0 Å². The minimum atomic E-state index is -0.385. The lowest BCUT2D eigenvalue weighted by molar-refractivity contribution is -0.119. The van der Waals surface area contributed by atoms with Crippen molar-refractivity contribution in [1.29, 1.82) is 0 Å².